The first kappa shape index (κ1) is 21.8. The van der Waals surface area contributed by atoms with Gasteiger partial charge in [0.2, 0.25) is 5.95 Å². The maximum absolute atomic E-state index is 5.88. The zero-order valence-electron chi connectivity index (χ0n) is 18.0. The highest BCUT2D eigenvalue weighted by molar-refractivity contribution is 5.85. The van der Waals surface area contributed by atoms with Gasteiger partial charge in [-0.05, 0) is 56.0 Å². The topological polar surface area (TPSA) is 77.3 Å². The standard InChI is InChI=1S/C22H28N6O2.ClH/c1-27-7-6-15-10-20(29-2)19(9-16(15)13-27)25-22-23-11-17-12-24-28(21(17)26-22)14-18-5-3-4-8-30-18;/h9-12,18H,3-8,13-14H2,1-2H3,(H,23,25,26);1H/t18-;/m1./s1. The lowest BCUT2D eigenvalue weighted by Crippen LogP contribution is -2.26. The summed E-state index contributed by atoms with van der Waals surface area (Å²) in [6, 6.07) is 4.29. The van der Waals surface area contributed by atoms with Crippen LogP contribution >= 0.6 is 12.4 Å². The minimum atomic E-state index is 0. The highest BCUT2D eigenvalue weighted by Gasteiger charge is 2.19. The first-order valence-corrected chi connectivity index (χ1v) is 10.6. The number of fused-ring (bicyclic) bond motifs is 2. The molecule has 0 aliphatic carbocycles. The summed E-state index contributed by atoms with van der Waals surface area (Å²) >= 11 is 0. The van der Waals surface area contributed by atoms with E-state index < -0.39 is 0 Å². The van der Waals surface area contributed by atoms with Crippen molar-refractivity contribution in [3.05, 3.63) is 35.7 Å². The van der Waals surface area contributed by atoms with Crippen molar-refractivity contribution < 1.29 is 9.47 Å². The summed E-state index contributed by atoms with van der Waals surface area (Å²) < 4.78 is 13.4. The zero-order chi connectivity index (χ0) is 20.5. The minimum absolute atomic E-state index is 0. The predicted octanol–water partition coefficient (Wildman–Crippen LogP) is 3.56. The van der Waals surface area contributed by atoms with Gasteiger partial charge in [0.15, 0.2) is 5.65 Å². The highest BCUT2D eigenvalue weighted by Crippen LogP contribution is 2.33. The molecule has 1 saturated heterocycles. The molecule has 1 atom stereocenters. The van der Waals surface area contributed by atoms with E-state index in [2.05, 4.69) is 39.5 Å². The van der Waals surface area contributed by atoms with Crippen LogP contribution in [0.4, 0.5) is 11.6 Å². The lowest BCUT2D eigenvalue weighted by atomic mass is 9.99. The number of likely N-dealkylation sites (N-methyl/N-ethyl adjacent to an activating group) is 1. The van der Waals surface area contributed by atoms with Crippen LogP contribution in [0.2, 0.25) is 0 Å². The molecule has 0 spiro atoms. The summed E-state index contributed by atoms with van der Waals surface area (Å²) in [7, 11) is 3.85. The number of methoxy groups -OCH3 is 1. The molecular formula is C22H29ClN6O2. The number of aromatic nitrogens is 4. The van der Waals surface area contributed by atoms with Gasteiger partial charge in [-0.2, -0.15) is 10.1 Å². The molecule has 5 rings (SSSR count). The minimum Gasteiger partial charge on any atom is -0.495 e. The molecule has 2 aromatic heterocycles. The summed E-state index contributed by atoms with van der Waals surface area (Å²) in [5.74, 6) is 1.35. The number of nitrogens with one attached hydrogen (secondary N) is 1. The van der Waals surface area contributed by atoms with Gasteiger partial charge in [-0.25, -0.2) is 9.67 Å². The van der Waals surface area contributed by atoms with Crippen LogP contribution in [0.25, 0.3) is 11.0 Å². The fourth-order valence-electron chi connectivity index (χ4n) is 4.32. The van der Waals surface area contributed by atoms with Gasteiger partial charge in [0, 0.05) is 25.9 Å². The summed E-state index contributed by atoms with van der Waals surface area (Å²) in [5.41, 5.74) is 4.36. The molecule has 4 heterocycles. The van der Waals surface area contributed by atoms with Gasteiger partial charge >= 0.3 is 0 Å². The molecule has 8 nitrogen and oxygen atoms in total. The Labute approximate surface area is 188 Å². The van der Waals surface area contributed by atoms with Crippen LogP contribution in [0.3, 0.4) is 0 Å². The molecule has 3 aromatic rings. The van der Waals surface area contributed by atoms with E-state index in [4.69, 9.17) is 14.5 Å². The van der Waals surface area contributed by atoms with Crippen LogP contribution in [0.1, 0.15) is 30.4 Å². The van der Waals surface area contributed by atoms with Crippen LogP contribution in [0.15, 0.2) is 24.5 Å². The van der Waals surface area contributed by atoms with Crippen LogP contribution < -0.4 is 10.1 Å². The second kappa shape index (κ2) is 9.38. The third kappa shape index (κ3) is 4.61. The number of hydrogen-bond acceptors (Lipinski definition) is 7. The molecule has 1 N–H and O–H groups in total. The molecule has 2 aliphatic rings. The fraction of sp³-hybridized carbons (Fsp3) is 0.500. The van der Waals surface area contributed by atoms with Crippen LogP contribution in [-0.4, -0.2) is 58.1 Å². The third-order valence-electron chi connectivity index (χ3n) is 6.00. The van der Waals surface area contributed by atoms with Gasteiger partial charge in [-0.3, -0.25) is 0 Å². The van der Waals surface area contributed by atoms with E-state index in [0.29, 0.717) is 12.5 Å². The van der Waals surface area contributed by atoms with Crippen molar-refractivity contribution in [2.24, 2.45) is 0 Å². The molecule has 0 radical (unpaired) electrons. The average molecular weight is 445 g/mol. The van der Waals surface area contributed by atoms with Crippen molar-refractivity contribution in [3.8, 4) is 5.75 Å². The van der Waals surface area contributed by atoms with Gasteiger partial charge in [-0.1, -0.05) is 0 Å². The second-order valence-electron chi connectivity index (χ2n) is 8.22. The van der Waals surface area contributed by atoms with Crippen LogP contribution in [0, 0.1) is 0 Å². The number of benzene rings is 1. The highest BCUT2D eigenvalue weighted by atomic mass is 35.5. The van der Waals surface area contributed by atoms with E-state index in [1.807, 2.05) is 17.1 Å². The number of halogens is 1. The molecule has 0 saturated carbocycles. The third-order valence-corrected chi connectivity index (χ3v) is 6.00. The summed E-state index contributed by atoms with van der Waals surface area (Å²) in [5, 5.41) is 8.80. The Morgan fingerprint density at radius 2 is 2.13 bits per heavy atom. The fourth-order valence-corrected chi connectivity index (χ4v) is 4.32. The van der Waals surface area contributed by atoms with Crippen molar-refractivity contribution in [3.63, 3.8) is 0 Å². The summed E-state index contributed by atoms with van der Waals surface area (Å²) in [4.78, 5) is 11.6. The van der Waals surface area contributed by atoms with Gasteiger partial charge in [0.25, 0.3) is 0 Å². The number of nitrogens with zero attached hydrogens (tertiary/aromatic N) is 5. The van der Waals surface area contributed by atoms with Gasteiger partial charge < -0.3 is 19.7 Å². The predicted molar refractivity (Wildman–Crippen MR) is 122 cm³/mol. The number of ether oxygens (including phenoxy) is 2. The Morgan fingerprint density at radius 3 is 2.94 bits per heavy atom. The molecular weight excluding hydrogens is 416 g/mol. The van der Waals surface area contributed by atoms with E-state index in [9.17, 15) is 0 Å². The van der Waals surface area contributed by atoms with Crippen molar-refractivity contribution in [2.75, 3.05) is 32.6 Å². The summed E-state index contributed by atoms with van der Waals surface area (Å²) in [6.45, 7) is 3.55. The molecule has 1 fully saturated rings. The Balaban J connectivity index is 0.00000231. The van der Waals surface area contributed by atoms with Crippen LogP contribution in [-0.2, 0) is 24.2 Å². The first-order chi connectivity index (χ1) is 14.7. The Morgan fingerprint density at radius 1 is 1.23 bits per heavy atom. The molecule has 166 valence electrons. The first-order valence-electron chi connectivity index (χ1n) is 10.6. The number of hydrogen-bond donors (Lipinski definition) is 1. The van der Waals surface area contributed by atoms with E-state index in [-0.39, 0.29) is 18.5 Å². The van der Waals surface area contributed by atoms with E-state index in [1.54, 1.807) is 7.11 Å². The maximum Gasteiger partial charge on any atom is 0.229 e. The van der Waals surface area contributed by atoms with E-state index >= 15 is 0 Å². The normalized spacial score (nSPS) is 19.0. The monoisotopic (exact) mass is 444 g/mol. The van der Waals surface area contributed by atoms with Crippen LogP contribution in [0.5, 0.6) is 5.75 Å². The van der Waals surface area contributed by atoms with Crippen molar-refractivity contribution in [2.45, 2.75) is 44.9 Å². The van der Waals surface area contributed by atoms with Gasteiger partial charge in [0.1, 0.15) is 5.75 Å². The SMILES string of the molecule is COc1cc2c(cc1Nc1ncc3cnn(C[C@H]4CCCCO4)c3n1)CN(C)CC2.Cl. The van der Waals surface area contributed by atoms with Gasteiger partial charge in [0.05, 0.1) is 37.0 Å². The lowest BCUT2D eigenvalue weighted by Gasteiger charge is -2.26. The average Bonchev–Trinajstić information content (AvgIpc) is 3.16. The number of rotatable bonds is 5. The summed E-state index contributed by atoms with van der Waals surface area (Å²) in [6.07, 6.45) is 8.28. The smallest absolute Gasteiger partial charge is 0.229 e. The maximum atomic E-state index is 5.88. The Kier molecular flexibility index (Phi) is 6.60. The molecule has 0 bridgehead atoms. The Hall–Kier alpha value is -2.42. The Bertz CT molecular complexity index is 1050. The van der Waals surface area contributed by atoms with Gasteiger partial charge in [-0.15, -0.1) is 12.4 Å². The molecule has 9 heteroatoms. The molecule has 2 aliphatic heterocycles. The quantitative estimate of drug-likeness (QED) is 0.644. The van der Waals surface area contributed by atoms with E-state index in [0.717, 1.165) is 61.4 Å². The lowest BCUT2D eigenvalue weighted by molar-refractivity contribution is 0.00464. The van der Waals surface area contributed by atoms with Crippen molar-refractivity contribution in [1.29, 1.82) is 0 Å². The molecule has 0 amide bonds. The van der Waals surface area contributed by atoms with E-state index in [1.165, 1.54) is 17.5 Å². The molecule has 1 aromatic carbocycles. The molecule has 31 heavy (non-hydrogen) atoms. The second-order valence-corrected chi connectivity index (χ2v) is 8.22. The number of anilines is 2. The zero-order valence-corrected chi connectivity index (χ0v) is 18.8. The van der Waals surface area contributed by atoms with Crippen molar-refractivity contribution >= 4 is 35.1 Å². The largest absolute Gasteiger partial charge is 0.495 e. The van der Waals surface area contributed by atoms with Crippen molar-refractivity contribution in [1.82, 2.24) is 24.6 Å². The molecule has 0 unspecified atom stereocenters.